The van der Waals surface area contributed by atoms with Crippen LogP contribution in [0.2, 0.25) is 0 Å². The summed E-state index contributed by atoms with van der Waals surface area (Å²) < 4.78 is 6.35. The normalized spacial score (nSPS) is 15.6. The van der Waals surface area contributed by atoms with Crippen LogP contribution >= 0.6 is 34.4 Å². The number of fused-ring (bicyclic) bond motifs is 1. The van der Waals surface area contributed by atoms with Gasteiger partial charge in [-0.05, 0) is 31.2 Å². The predicted molar refractivity (Wildman–Crippen MR) is 111 cm³/mol. The molecule has 0 amide bonds. The van der Waals surface area contributed by atoms with Crippen LogP contribution in [0.25, 0.3) is 10.2 Å². The summed E-state index contributed by atoms with van der Waals surface area (Å²) in [6.45, 7) is 8.45. The van der Waals surface area contributed by atoms with Gasteiger partial charge in [0, 0.05) is 37.4 Å². The van der Waals surface area contributed by atoms with Gasteiger partial charge in [-0.25, -0.2) is 9.97 Å². The summed E-state index contributed by atoms with van der Waals surface area (Å²) in [7, 11) is 3.95. The Balaban J connectivity index is 1.69. The molecule has 1 saturated heterocycles. The fourth-order valence-electron chi connectivity index (χ4n) is 2.87. The lowest BCUT2D eigenvalue weighted by molar-refractivity contribution is 0.0330. The molecule has 0 aromatic carbocycles. The Morgan fingerprint density at radius 2 is 1.89 bits per heavy atom. The first-order valence-corrected chi connectivity index (χ1v) is 11.2. The second-order valence-electron chi connectivity index (χ2n) is 6.64. The number of nitrogens with zero attached hydrogens (tertiary/aromatic N) is 6. The minimum absolute atomic E-state index is 0.752. The molecule has 1 aliphatic rings. The van der Waals surface area contributed by atoms with E-state index in [1.807, 2.05) is 19.0 Å². The van der Waals surface area contributed by atoms with E-state index in [0.717, 1.165) is 63.4 Å². The molecule has 1 fully saturated rings. The van der Waals surface area contributed by atoms with Crippen LogP contribution < -0.4 is 4.90 Å². The summed E-state index contributed by atoms with van der Waals surface area (Å²) in [5.41, 5.74) is 1.26. The lowest BCUT2D eigenvalue weighted by Gasteiger charge is -2.25. The summed E-state index contributed by atoms with van der Waals surface area (Å²) >= 11 is 4.91. The van der Waals surface area contributed by atoms with Crippen LogP contribution in [0.1, 0.15) is 16.3 Å². The number of aryl methyl sites for hydroxylation is 2. The molecule has 27 heavy (non-hydrogen) atoms. The number of rotatable bonds is 5. The maximum absolute atomic E-state index is 5.45. The van der Waals surface area contributed by atoms with Crippen molar-refractivity contribution in [1.29, 1.82) is 0 Å². The van der Waals surface area contributed by atoms with Crippen molar-refractivity contribution in [3.05, 3.63) is 16.3 Å². The first-order chi connectivity index (χ1) is 13.0. The van der Waals surface area contributed by atoms with E-state index in [4.69, 9.17) is 14.7 Å². The average Bonchev–Trinajstić information content (AvgIpc) is 3.21. The largest absolute Gasteiger partial charge is 0.379 e. The molecule has 4 rings (SSSR count). The van der Waals surface area contributed by atoms with Gasteiger partial charge in [0.2, 0.25) is 5.13 Å². The zero-order valence-electron chi connectivity index (χ0n) is 15.9. The predicted octanol–water partition coefficient (Wildman–Crippen LogP) is 3.21. The van der Waals surface area contributed by atoms with Gasteiger partial charge in [0.1, 0.15) is 15.7 Å². The van der Waals surface area contributed by atoms with Crippen molar-refractivity contribution in [3.63, 3.8) is 0 Å². The van der Waals surface area contributed by atoms with Crippen LogP contribution in [0.3, 0.4) is 0 Å². The highest BCUT2D eigenvalue weighted by atomic mass is 32.2. The molecule has 1 aliphatic heterocycles. The summed E-state index contributed by atoms with van der Waals surface area (Å²) in [6, 6.07) is 0. The number of aromatic nitrogens is 4. The van der Waals surface area contributed by atoms with E-state index < -0.39 is 0 Å². The topological polar surface area (TPSA) is 67.3 Å². The molecular formula is C17H22N6OS3. The Bertz CT molecular complexity index is 948. The number of hydrogen-bond acceptors (Lipinski definition) is 10. The van der Waals surface area contributed by atoms with E-state index in [0.29, 0.717) is 0 Å². The monoisotopic (exact) mass is 422 g/mol. The fourth-order valence-corrected chi connectivity index (χ4v) is 5.86. The average molecular weight is 423 g/mol. The Hall–Kier alpha value is -1.33. The van der Waals surface area contributed by atoms with Crippen molar-refractivity contribution in [2.24, 2.45) is 0 Å². The van der Waals surface area contributed by atoms with Gasteiger partial charge in [0.15, 0.2) is 4.34 Å². The summed E-state index contributed by atoms with van der Waals surface area (Å²) in [5, 5.41) is 11.6. The lowest BCUT2D eigenvalue weighted by Crippen LogP contribution is -2.36. The van der Waals surface area contributed by atoms with Gasteiger partial charge in [-0.1, -0.05) is 11.3 Å². The van der Waals surface area contributed by atoms with Crippen molar-refractivity contribution in [3.8, 4) is 0 Å². The first-order valence-electron chi connectivity index (χ1n) is 8.76. The van der Waals surface area contributed by atoms with Gasteiger partial charge in [-0.3, -0.25) is 4.90 Å². The van der Waals surface area contributed by atoms with E-state index >= 15 is 0 Å². The van der Waals surface area contributed by atoms with E-state index in [9.17, 15) is 0 Å². The van der Waals surface area contributed by atoms with Gasteiger partial charge >= 0.3 is 0 Å². The fraction of sp³-hybridized carbons (Fsp3) is 0.529. The van der Waals surface area contributed by atoms with E-state index in [1.165, 1.54) is 10.4 Å². The molecule has 144 valence electrons. The zero-order chi connectivity index (χ0) is 19.0. The molecule has 3 aromatic rings. The Kier molecular flexibility index (Phi) is 5.60. The minimum atomic E-state index is 0.752. The lowest BCUT2D eigenvalue weighted by atomic mass is 10.2. The molecule has 0 spiro atoms. The van der Waals surface area contributed by atoms with Crippen molar-refractivity contribution in [1.82, 2.24) is 25.1 Å². The van der Waals surface area contributed by atoms with Crippen LogP contribution in [-0.4, -0.2) is 65.5 Å². The molecule has 0 radical (unpaired) electrons. The van der Waals surface area contributed by atoms with E-state index in [2.05, 4.69) is 28.9 Å². The van der Waals surface area contributed by atoms with Crippen LogP contribution in [0.15, 0.2) is 9.37 Å². The summed E-state index contributed by atoms with van der Waals surface area (Å²) in [6.07, 6.45) is 0. The van der Waals surface area contributed by atoms with Gasteiger partial charge in [-0.2, -0.15) is 0 Å². The molecule has 4 heterocycles. The van der Waals surface area contributed by atoms with Crippen molar-refractivity contribution in [2.45, 2.75) is 29.8 Å². The molecule has 7 nitrogen and oxygen atoms in total. The molecule has 0 bridgehead atoms. The summed E-state index contributed by atoms with van der Waals surface area (Å²) in [5.74, 6) is 0.866. The Labute approximate surface area is 170 Å². The Morgan fingerprint density at radius 1 is 1.11 bits per heavy atom. The third-order valence-electron chi connectivity index (χ3n) is 4.47. The molecule has 3 aromatic heterocycles. The first kappa shape index (κ1) is 19.0. The number of hydrogen-bond donors (Lipinski definition) is 0. The van der Waals surface area contributed by atoms with Crippen molar-refractivity contribution >= 4 is 49.8 Å². The number of anilines is 1. The van der Waals surface area contributed by atoms with Gasteiger partial charge in [0.25, 0.3) is 0 Å². The highest BCUT2D eigenvalue weighted by Gasteiger charge is 2.19. The SMILES string of the molecule is Cc1sc2nc(CN3CCOCC3)nc(Sc3nnc(N(C)C)s3)c2c1C. The van der Waals surface area contributed by atoms with Gasteiger partial charge in [-0.15, -0.1) is 21.5 Å². The van der Waals surface area contributed by atoms with E-state index in [-0.39, 0.29) is 0 Å². The maximum atomic E-state index is 5.45. The van der Waals surface area contributed by atoms with Crippen LogP contribution in [0.5, 0.6) is 0 Å². The van der Waals surface area contributed by atoms with Crippen LogP contribution in [0, 0.1) is 13.8 Å². The minimum Gasteiger partial charge on any atom is -0.379 e. The zero-order valence-corrected chi connectivity index (χ0v) is 18.3. The smallest absolute Gasteiger partial charge is 0.208 e. The molecule has 0 unspecified atom stereocenters. The molecule has 0 N–H and O–H groups in total. The van der Waals surface area contributed by atoms with Gasteiger partial charge < -0.3 is 9.64 Å². The second kappa shape index (κ2) is 7.96. The highest BCUT2D eigenvalue weighted by Crippen LogP contribution is 2.39. The molecule has 10 heteroatoms. The quantitative estimate of drug-likeness (QED) is 0.581. The van der Waals surface area contributed by atoms with Crippen LogP contribution in [-0.2, 0) is 11.3 Å². The molecule has 0 saturated carbocycles. The number of ether oxygens (including phenoxy) is 1. The summed E-state index contributed by atoms with van der Waals surface area (Å²) in [4.78, 5) is 16.4. The molecular weight excluding hydrogens is 400 g/mol. The standard InChI is InChI=1S/C17H22N6OS3/c1-10-11(2)25-14-13(10)15(26-17-21-20-16(27-17)22(3)4)19-12(18-14)9-23-5-7-24-8-6-23/h5-9H2,1-4H3. The Morgan fingerprint density at radius 3 is 2.59 bits per heavy atom. The van der Waals surface area contributed by atoms with Crippen LogP contribution in [0.4, 0.5) is 5.13 Å². The number of morpholine rings is 1. The molecule has 0 aliphatic carbocycles. The van der Waals surface area contributed by atoms with E-state index in [1.54, 1.807) is 34.4 Å². The third kappa shape index (κ3) is 4.09. The van der Waals surface area contributed by atoms with Gasteiger partial charge in [0.05, 0.1) is 19.8 Å². The number of thiophene rings is 1. The highest BCUT2D eigenvalue weighted by molar-refractivity contribution is 8.01. The second-order valence-corrected chi connectivity index (χ2v) is 10.0. The van der Waals surface area contributed by atoms with Crippen molar-refractivity contribution in [2.75, 3.05) is 45.3 Å². The van der Waals surface area contributed by atoms with Crippen molar-refractivity contribution < 1.29 is 4.74 Å². The molecule has 0 atom stereocenters. The maximum Gasteiger partial charge on any atom is 0.208 e. The third-order valence-corrected chi connectivity index (χ3v) is 7.70.